The summed E-state index contributed by atoms with van der Waals surface area (Å²) in [5, 5.41) is 20.4. The molecule has 0 aromatic rings. The minimum absolute atomic E-state index is 0.0727. The average Bonchev–Trinajstić information content (AvgIpc) is 2.87. The molecule has 2 N–H and O–H groups in total. The topological polar surface area (TPSA) is 74.6 Å². The number of hydrogen-bond acceptors (Lipinski definition) is 4. The molecule has 0 saturated heterocycles. The number of rotatable bonds is 2. The van der Waals surface area contributed by atoms with Crippen LogP contribution in [-0.4, -0.2) is 50.4 Å². The molecule has 3 saturated carbocycles. The third kappa shape index (κ3) is 2.46. The molecule has 0 bridgehead atoms. The van der Waals surface area contributed by atoms with E-state index in [1.807, 2.05) is 13.8 Å². The molecular weight excluding hydrogens is 498 g/mol. The van der Waals surface area contributed by atoms with Crippen molar-refractivity contribution in [3.05, 3.63) is 22.2 Å². The zero-order valence-electron chi connectivity index (χ0n) is 17.1. The molecule has 0 amide bonds. The van der Waals surface area contributed by atoms with Crippen LogP contribution in [0.1, 0.15) is 40.0 Å². The third-order valence-corrected chi connectivity index (χ3v) is 11.0. The normalized spacial score (nSPS) is 52.7. The monoisotopic (exact) mass is 522 g/mol. The van der Waals surface area contributed by atoms with Crippen molar-refractivity contribution in [2.45, 2.75) is 62.1 Å². The molecule has 0 aliphatic heterocycles. The summed E-state index contributed by atoms with van der Waals surface area (Å²) in [5.74, 6) is -2.04. The molecule has 4 aliphatic rings. The number of aliphatic hydroxyl groups excluding tert-OH is 1. The van der Waals surface area contributed by atoms with Crippen LogP contribution in [0.3, 0.4) is 0 Å². The smallest absolute Gasteiger partial charge is 0.192 e. The number of aliphatic hydroxyl groups is 2. The van der Waals surface area contributed by atoms with Crippen LogP contribution in [0.2, 0.25) is 0 Å². The van der Waals surface area contributed by atoms with Crippen molar-refractivity contribution in [2.24, 2.45) is 28.6 Å². The molecule has 0 aromatic heterocycles. The lowest BCUT2D eigenvalue weighted by Gasteiger charge is -2.64. The lowest BCUT2D eigenvalue weighted by Crippen LogP contribution is -2.69. The SMILES string of the molecule is C[C@@H]1C[C@H]2[C@@H]3C[C@@H](F)C4=CC(=O)C(Br)=C[C@]4(C)[C@@]3(Cl)[C@@H](Cl)C[C@]2(C)[C@@]1(O)C(=O)CO. The van der Waals surface area contributed by atoms with Crippen molar-refractivity contribution in [1.29, 1.82) is 0 Å². The quantitative estimate of drug-likeness (QED) is 0.535. The molecule has 3 fully saturated rings. The molecule has 8 heteroatoms. The summed E-state index contributed by atoms with van der Waals surface area (Å²) in [6.07, 6.45) is 2.42. The molecule has 0 unspecified atom stereocenters. The van der Waals surface area contributed by atoms with Gasteiger partial charge in [0.1, 0.15) is 18.4 Å². The number of carbonyl (C=O) groups excluding carboxylic acids is 2. The van der Waals surface area contributed by atoms with Crippen molar-refractivity contribution in [2.75, 3.05) is 6.61 Å². The van der Waals surface area contributed by atoms with Gasteiger partial charge in [-0.15, -0.1) is 23.2 Å². The molecule has 4 nitrogen and oxygen atoms in total. The summed E-state index contributed by atoms with van der Waals surface area (Å²) in [6.45, 7) is 4.66. The number of halogens is 4. The zero-order valence-corrected chi connectivity index (χ0v) is 20.2. The maximum Gasteiger partial charge on any atom is 0.192 e. The predicted molar refractivity (Wildman–Crippen MR) is 116 cm³/mol. The minimum Gasteiger partial charge on any atom is -0.388 e. The van der Waals surface area contributed by atoms with Gasteiger partial charge in [-0.05, 0) is 64.6 Å². The van der Waals surface area contributed by atoms with E-state index < -0.39 is 57.1 Å². The maximum absolute atomic E-state index is 15.5. The standard InChI is InChI=1S/C22H26BrCl2FO4/c1-10-4-11-12-5-15(26)13-6-16(28)14(23)7-19(13,2)21(12,25)17(24)8-20(11,3)22(10,30)18(29)9-27/h6-7,10-12,15,17,27,30H,4-5,8-9H2,1-3H3/t10-,11+,12+,15-,17+,19+,20+,21+,22+/m1/s1. The van der Waals surface area contributed by atoms with Crippen LogP contribution in [0.4, 0.5) is 4.39 Å². The molecular formula is C22H26BrCl2FO4. The van der Waals surface area contributed by atoms with E-state index >= 15 is 4.39 Å². The van der Waals surface area contributed by atoms with E-state index in [1.165, 1.54) is 6.08 Å². The Bertz CT molecular complexity index is 892. The van der Waals surface area contributed by atoms with Crippen LogP contribution in [0, 0.1) is 28.6 Å². The second-order valence-corrected chi connectivity index (χ2v) is 11.9. The van der Waals surface area contributed by atoms with Crippen LogP contribution in [0.25, 0.3) is 0 Å². The summed E-state index contributed by atoms with van der Waals surface area (Å²) in [4.78, 5) is 23.8. The van der Waals surface area contributed by atoms with Crippen molar-refractivity contribution in [1.82, 2.24) is 0 Å². The van der Waals surface area contributed by atoms with E-state index in [-0.39, 0.29) is 24.5 Å². The highest BCUT2D eigenvalue weighted by Gasteiger charge is 2.75. The fourth-order valence-electron chi connectivity index (χ4n) is 7.24. The first kappa shape index (κ1) is 22.9. The highest BCUT2D eigenvalue weighted by Crippen LogP contribution is 2.72. The number of hydrogen-bond donors (Lipinski definition) is 2. The van der Waals surface area contributed by atoms with Gasteiger partial charge in [0.2, 0.25) is 0 Å². The van der Waals surface area contributed by atoms with Gasteiger partial charge in [0.25, 0.3) is 0 Å². The lowest BCUT2D eigenvalue weighted by atomic mass is 9.46. The second-order valence-electron chi connectivity index (χ2n) is 9.92. The van der Waals surface area contributed by atoms with E-state index in [0.29, 0.717) is 16.5 Å². The van der Waals surface area contributed by atoms with Gasteiger partial charge in [-0.1, -0.05) is 26.8 Å². The minimum atomic E-state index is -1.75. The van der Waals surface area contributed by atoms with Crippen LogP contribution < -0.4 is 0 Å². The summed E-state index contributed by atoms with van der Waals surface area (Å²) >= 11 is 17.6. The lowest BCUT2D eigenvalue weighted by molar-refractivity contribution is -0.168. The molecule has 30 heavy (non-hydrogen) atoms. The molecule has 0 heterocycles. The zero-order chi connectivity index (χ0) is 22.4. The van der Waals surface area contributed by atoms with E-state index in [0.717, 1.165) is 0 Å². The summed E-state index contributed by atoms with van der Waals surface area (Å²) < 4.78 is 15.8. The predicted octanol–water partition coefficient (Wildman–Crippen LogP) is 4.08. The van der Waals surface area contributed by atoms with Gasteiger partial charge in [-0.25, -0.2) is 4.39 Å². The van der Waals surface area contributed by atoms with Gasteiger partial charge in [0.15, 0.2) is 11.6 Å². The van der Waals surface area contributed by atoms with Gasteiger partial charge >= 0.3 is 0 Å². The first-order valence-electron chi connectivity index (χ1n) is 10.3. The summed E-state index contributed by atoms with van der Waals surface area (Å²) in [7, 11) is 0. The third-order valence-electron chi connectivity index (χ3n) is 8.79. The Morgan fingerprint density at radius 1 is 1.33 bits per heavy atom. The molecule has 0 spiro atoms. The van der Waals surface area contributed by atoms with E-state index in [1.54, 1.807) is 13.0 Å². The Hall–Kier alpha value is -0.270. The van der Waals surface area contributed by atoms with E-state index in [4.69, 9.17) is 23.2 Å². The highest BCUT2D eigenvalue weighted by atomic mass is 79.9. The number of Topliss-reactive ketones (excluding diaryl/α,β-unsaturated/α-hetero) is 1. The van der Waals surface area contributed by atoms with Gasteiger partial charge in [-0.2, -0.15) is 0 Å². The van der Waals surface area contributed by atoms with Gasteiger partial charge in [0.05, 0.1) is 14.7 Å². The molecule has 0 radical (unpaired) electrons. The highest BCUT2D eigenvalue weighted by molar-refractivity contribution is 9.12. The van der Waals surface area contributed by atoms with Crippen LogP contribution >= 0.6 is 39.1 Å². The maximum atomic E-state index is 15.5. The number of ketones is 2. The molecule has 4 aliphatic carbocycles. The Balaban J connectivity index is 1.89. The Morgan fingerprint density at radius 2 is 1.97 bits per heavy atom. The number of carbonyl (C=O) groups is 2. The largest absolute Gasteiger partial charge is 0.388 e. The average molecular weight is 524 g/mol. The van der Waals surface area contributed by atoms with Crippen molar-refractivity contribution in [3.8, 4) is 0 Å². The van der Waals surface area contributed by atoms with Gasteiger partial charge in [-0.3, -0.25) is 9.59 Å². The first-order chi connectivity index (χ1) is 13.8. The molecule has 166 valence electrons. The summed E-state index contributed by atoms with van der Waals surface area (Å²) in [5.41, 5.74) is -3.35. The Morgan fingerprint density at radius 3 is 2.57 bits per heavy atom. The van der Waals surface area contributed by atoms with Crippen LogP contribution in [0.5, 0.6) is 0 Å². The van der Waals surface area contributed by atoms with E-state index in [9.17, 15) is 19.8 Å². The van der Waals surface area contributed by atoms with E-state index in [2.05, 4.69) is 15.9 Å². The van der Waals surface area contributed by atoms with Crippen LogP contribution in [-0.2, 0) is 9.59 Å². The Labute approximate surface area is 194 Å². The fraction of sp³-hybridized carbons (Fsp3) is 0.727. The second kappa shape index (κ2) is 6.86. The van der Waals surface area contributed by atoms with Crippen molar-refractivity contribution in [3.63, 3.8) is 0 Å². The fourth-order valence-corrected chi connectivity index (χ4v) is 9.01. The molecule has 4 rings (SSSR count). The van der Waals surface area contributed by atoms with Crippen molar-refractivity contribution < 1.29 is 24.2 Å². The molecule has 9 atom stereocenters. The first-order valence-corrected chi connectivity index (χ1v) is 11.9. The summed E-state index contributed by atoms with van der Waals surface area (Å²) in [6, 6.07) is 0. The molecule has 0 aromatic carbocycles. The number of allylic oxidation sites excluding steroid dienone is 4. The van der Waals surface area contributed by atoms with Crippen molar-refractivity contribution >= 4 is 50.7 Å². The Kier molecular flexibility index (Phi) is 5.24. The number of alkyl halides is 3. The number of fused-ring (bicyclic) bond motifs is 5. The van der Waals surface area contributed by atoms with Gasteiger partial charge < -0.3 is 10.2 Å². The van der Waals surface area contributed by atoms with Gasteiger partial charge in [0, 0.05) is 10.8 Å². The van der Waals surface area contributed by atoms with Crippen LogP contribution in [0.15, 0.2) is 22.2 Å².